The molecule has 1 aromatic rings. The highest BCUT2D eigenvalue weighted by atomic mass is 16.5. The molecule has 16 heavy (non-hydrogen) atoms. The van der Waals surface area contributed by atoms with E-state index in [-0.39, 0.29) is 11.3 Å². The molecule has 1 saturated carbocycles. The average molecular weight is 221 g/mol. The first kappa shape index (κ1) is 11.3. The summed E-state index contributed by atoms with van der Waals surface area (Å²) < 4.78 is 5.12. The van der Waals surface area contributed by atoms with Gasteiger partial charge in [-0.15, -0.1) is 0 Å². The van der Waals surface area contributed by atoms with E-state index in [2.05, 4.69) is 6.92 Å². The van der Waals surface area contributed by atoms with Crippen LogP contribution in [0.1, 0.15) is 37.7 Å². The summed E-state index contributed by atoms with van der Waals surface area (Å²) in [6, 6.07) is 5.53. The maximum absolute atomic E-state index is 9.55. The fourth-order valence-corrected chi connectivity index (χ4v) is 2.38. The van der Waals surface area contributed by atoms with Crippen LogP contribution in [0.25, 0.3) is 0 Å². The minimum absolute atomic E-state index is 0.0310. The van der Waals surface area contributed by atoms with Gasteiger partial charge in [0.15, 0.2) is 11.5 Å². The molecule has 0 aromatic heterocycles. The Morgan fingerprint density at radius 1 is 1.50 bits per heavy atom. The quantitative estimate of drug-likeness (QED) is 0.820. The Labute approximate surface area is 96.2 Å². The van der Waals surface area contributed by atoms with Crippen LogP contribution in [0.15, 0.2) is 18.2 Å². The van der Waals surface area contributed by atoms with Crippen molar-refractivity contribution in [3.8, 4) is 11.5 Å². The van der Waals surface area contributed by atoms with Gasteiger partial charge in [0.2, 0.25) is 0 Å². The van der Waals surface area contributed by atoms with Gasteiger partial charge in [0.1, 0.15) is 0 Å². The minimum atomic E-state index is -0.0310. The van der Waals surface area contributed by atoms with Crippen molar-refractivity contribution < 1.29 is 9.84 Å². The van der Waals surface area contributed by atoms with Crippen molar-refractivity contribution >= 4 is 0 Å². The van der Waals surface area contributed by atoms with Crippen LogP contribution in [0, 0.1) is 0 Å². The van der Waals surface area contributed by atoms with Gasteiger partial charge in [0, 0.05) is 11.5 Å². The number of aromatic hydroxyl groups is 1. The molecule has 1 aliphatic carbocycles. The van der Waals surface area contributed by atoms with Crippen molar-refractivity contribution in [1.82, 2.24) is 0 Å². The van der Waals surface area contributed by atoms with Crippen LogP contribution in [0.4, 0.5) is 0 Å². The fraction of sp³-hybridized carbons (Fsp3) is 0.538. The van der Waals surface area contributed by atoms with Crippen molar-refractivity contribution in [2.75, 3.05) is 7.11 Å². The fourth-order valence-electron chi connectivity index (χ4n) is 2.38. The summed E-state index contributed by atoms with van der Waals surface area (Å²) >= 11 is 0. The molecule has 0 aliphatic heterocycles. The molecule has 2 rings (SSSR count). The number of ether oxygens (including phenoxy) is 1. The second-order valence-electron chi connectivity index (χ2n) is 4.63. The minimum Gasteiger partial charge on any atom is -0.504 e. The average Bonchev–Trinajstić information content (AvgIpc) is 3.00. The van der Waals surface area contributed by atoms with E-state index in [0.717, 1.165) is 24.8 Å². The van der Waals surface area contributed by atoms with Gasteiger partial charge >= 0.3 is 0 Å². The zero-order valence-corrected chi connectivity index (χ0v) is 9.86. The number of hydrogen-bond donors (Lipinski definition) is 2. The number of benzene rings is 1. The summed E-state index contributed by atoms with van der Waals surface area (Å²) in [5, 5.41) is 9.55. The highest BCUT2D eigenvalue weighted by Gasteiger charge is 2.45. The van der Waals surface area contributed by atoms with Gasteiger partial charge in [0.25, 0.3) is 0 Å². The summed E-state index contributed by atoms with van der Waals surface area (Å²) in [5.74, 6) is 1.07. The van der Waals surface area contributed by atoms with E-state index in [1.807, 2.05) is 12.1 Å². The predicted octanol–water partition coefficient (Wildman–Crippen LogP) is 2.39. The van der Waals surface area contributed by atoms with Crippen LogP contribution in [0.2, 0.25) is 0 Å². The van der Waals surface area contributed by atoms with E-state index >= 15 is 0 Å². The van der Waals surface area contributed by atoms with Gasteiger partial charge in [0.05, 0.1) is 7.11 Å². The van der Waals surface area contributed by atoms with E-state index in [1.54, 1.807) is 13.2 Å². The second-order valence-corrected chi connectivity index (χ2v) is 4.63. The molecule has 3 nitrogen and oxygen atoms in total. The third kappa shape index (κ3) is 1.87. The maximum atomic E-state index is 9.55. The number of rotatable bonds is 4. The lowest BCUT2D eigenvalue weighted by molar-refractivity contribution is 0.371. The van der Waals surface area contributed by atoms with Crippen molar-refractivity contribution in [3.05, 3.63) is 23.8 Å². The summed E-state index contributed by atoms with van der Waals surface area (Å²) in [5.41, 5.74) is 7.39. The summed E-state index contributed by atoms with van der Waals surface area (Å²) in [4.78, 5) is 0. The molecule has 1 fully saturated rings. The molecule has 0 heterocycles. The van der Waals surface area contributed by atoms with Crippen LogP contribution >= 0.6 is 0 Å². The maximum Gasteiger partial charge on any atom is 0.160 e. The molecule has 0 amide bonds. The van der Waals surface area contributed by atoms with Gasteiger partial charge in [-0.1, -0.05) is 13.0 Å². The number of nitrogens with two attached hydrogens (primary N) is 1. The van der Waals surface area contributed by atoms with Gasteiger partial charge in [-0.3, -0.25) is 0 Å². The number of phenolic OH excluding ortho intramolecular Hbond substituents is 1. The first-order valence-electron chi connectivity index (χ1n) is 5.76. The first-order valence-corrected chi connectivity index (χ1v) is 5.76. The van der Waals surface area contributed by atoms with Gasteiger partial charge in [-0.2, -0.15) is 0 Å². The lowest BCUT2D eigenvalue weighted by Gasteiger charge is -2.23. The highest BCUT2D eigenvalue weighted by molar-refractivity contribution is 5.44. The largest absolute Gasteiger partial charge is 0.504 e. The van der Waals surface area contributed by atoms with Crippen molar-refractivity contribution in [1.29, 1.82) is 0 Å². The molecule has 1 aliphatic rings. The molecular formula is C13H19NO2. The third-order valence-corrected chi connectivity index (χ3v) is 3.54. The molecule has 3 heteroatoms. The Balaban J connectivity index is 2.31. The second kappa shape index (κ2) is 3.98. The van der Waals surface area contributed by atoms with Crippen LogP contribution in [0.3, 0.4) is 0 Å². The Bertz CT molecular complexity index is 386. The monoisotopic (exact) mass is 221 g/mol. The normalized spacial score (nSPS) is 19.2. The lowest BCUT2D eigenvalue weighted by Crippen LogP contribution is -2.30. The molecule has 0 bridgehead atoms. The van der Waals surface area contributed by atoms with Gasteiger partial charge in [-0.25, -0.2) is 0 Å². The van der Waals surface area contributed by atoms with E-state index in [9.17, 15) is 5.11 Å². The van der Waals surface area contributed by atoms with Crippen LogP contribution in [0.5, 0.6) is 11.5 Å². The highest BCUT2D eigenvalue weighted by Crippen LogP contribution is 2.47. The molecule has 0 spiro atoms. The van der Waals surface area contributed by atoms with Crippen LogP contribution in [-0.4, -0.2) is 17.8 Å². The van der Waals surface area contributed by atoms with Gasteiger partial charge < -0.3 is 15.6 Å². The standard InChI is InChI=1S/C13H19NO2/c1-3-10(13(14)6-7-13)9-4-5-11(15)12(8-9)16-2/h4-5,8,10,15H,3,6-7,14H2,1-2H3. The molecular weight excluding hydrogens is 202 g/mol. The summed E-state index contributed by atoms with van der Waals surface area (Å²) in [6.07, 6.45) is 3.20. The van der Waals surface area contributed by atoms with Crippen molar-refractivity contribution in [3.63, 3.8) is 0 Å². The van der Waals surface area contributed by atoms with Crippen LogP contribution < -0.4 is 10.5 Å². The molecule has 0 radical (unpaired) electrons. The molecule has 1 atom stereocenters. The lowest BCUT2D eigenvalue weighted by atomic mass is 9.87. The number of methoxy groups -OCH3 is 1. The molecule has 1 unspecified atom stereocenters. The smallest absolute Gasteiger partial charge is 0.160 e. The van der Waals surface area contributed by atoms with E-state index in [0.29, 0.717) is 11.7 Å². The van der Waals surface area contributed by atoms with Gasteiger partial charge in [-0.05, 0) is 37.0 Å². The molecule has 1 aromatic carbocycles. The Morgan fingerprint density at radius 2 is 2.19 bits per heavy atom. The van der Waals surface area contributed by atoms with E-state index in [4.69, 9.17) is 10.5 Å². The molecule has 88 valence electrons. The Kier molecular flexibility index (Phi) is 2.80. The van der Waals surface area contributed by atoms with Crippen LogP contribution in [-0.2, 0) is 0 Å². The molecule has 0 saturated heterocycles. The van der Waals surface area contributed by atoms with Crippen molar-refractivity contribution in [2.24, 2.45) is 5.73 Å². The van der Waals surface area contributed by atoms with E-state index in [1.165, 1.54) is 0 Å². The zero-order valence-electron chi connectivity index (χ0n) is 9.86. The first-order chi connectivity index (χ1) is 7.60. The Hall–Kier alpha value is -1.22. The van der Waals surface area contributed by atoms with Crippen molar-refractivity contribution in [2.45, 2.75) is 37.6 Å². The third-order valence-electron chi connectivity index (χ3n) is 3.54. The van der Waals surface area contributed by atoms with E-state index < -0.39 is 0 Å². The number of hydrogen-bond acceptors (Lipinski definition) is 3. The zero-order chi connectivity index (χ0) is 11.8. The SMILES string of the molecule is CCC(c1ccc(O)c(OC)c1)C1(N)CC1. The number of phenols is 1. The summed E-state index contributed by atoms with van der Waals surface area (Å²) in [7, 11) is 1.56. The summed E-state index contributed by atoms with van der Waals surface area (Å²) in [6.45, 7) is 2.15. The predicted molar refractivity (Wildman–Crippen MR) is 63.8 cm³/mol. The topological polar surface area (TPSA) is 55.5 Å². The Morgan fingerprint density at radius 3 is 2.69 bits per heavy atom. The molecule has 3 N–H and O–H groups in total.